The van der Waals surface area contributed by atoms with Crippen molar-refractivity contribution >= 4 is 23.2 Å². The number of aliphatic hydroxyl groups excluding tert-OH is 1. The predicted octanol–water partition coefficient (Wildman–Crippen LogP) is 4.51. The number of pyridine rings is 1. The van der Waals surface area contributed by atoms with Gasteiger partial charge < -0.3 is 24.9 Å². The van der Waals surface area contributed by atoms with Gasteiger partial charge in [0.05, 0.1) is 29.5 Å². The van der Waals surface area contributed by atoms with Crippen molar-refractivity contribution in [3.8, 4) is 11.5 Å². The van der Waals surface area contributed by atoms with Crippen LogP contribution < -0.4 is 10.6 Å². The fourth-order valence-corrected chi connectivity index (χ4v) is 4.18. The molecule has 0 radical (unpaired) electrons. The first kappa shape index (κ1) is 22.5. The van der Waals surface area contributed by atoms with Crippen molar-refractivity contribution in [2.45, 2.75) is 31.9 Å². The van der Waals surface area contributed by atoms with Crippen LogP contribution in [0.1, 0.15) is 41.4 Å². The maximum Gasteiger partial charge on any atom is 0.338 e. The van der Waals surface area contributed by atoms with Gasteiger partial charge in [-0.2, -0.15) is 0 Å². The number of hydrogen-bond donors (Lipinski definition) is 3. The molecule has 35 heavy (non-hydrogen) atoms. The molecule has 0 aliphatic carbocycles. The predicted molar refractivity (Wildman–Crippen MR) is 130 cm³/mol. The SMILES string of the molecule is CC1(C)Cc2cc(Nc3cc(N[C@H](CO)c4ccccc4)c(-c4nnco4)cn3)ccc2C(=O)O1. The van der Waals surface area contributed by atoms with E-state index in [4.69, 9.17) is 9.15 Å². The Morgan fingerprint density at radius 3 is 2.69 bits per heavy atom. The van der Waals surface area contributed by atoms with Crippen molar-refractivity contribution in [1.82, 2.24) is 15.2 Å². The zero-order valence-corrected chi connectivity index (χ0v) is 19.4. The van der Waals surface area contributed by atoms with Gasteiger partial charge in [0, 0.05) is 24.4 Å². The molecule has 1 aliphatic heterocycles. The van der Waals surface area contributed by atoms with Crippen LogP contribution in [0.2, 0.25) is 0 Å². The lowest BCUT2D eigenvalue weighted by molar-refractivity contribution is -0.00645. The van der Waals surface area contributed by atoms with Crippen LogP contribution in [-0.2, 0) is 11.2 Å². The number of hydrogen-bond acceptors (Lipinski definition) is 9. The molecular formula is C26H25N5O4. The Hall–Kier alpha value is -4.24. The van der Waals surface area contributed by atoms with Gasteiger partial charge in [-0.3, -0.25) is 0 Å². The van der Waals surface area contributed by atoms with Crippen molar-refractivity contribution in [3.63, 3.8) is 0 Å². The summed E-state index contributed by atoms with van der Waals surface area (Å²) >= 11 is 0. The molecule has 4 aromatic rings. The standard InChI is InChI=1S/C26H25N5O4/c1-26(2)12-17-10-18(8-9-19(17)25(33)35-26)29-23-11-21(20(13-27-23)24-31-28-15-34-24)30-22(14-32)16-6-4-3-5-7-16/h3-11,13,15,22,32H,12,14H2,1-2H3,(H2,27,29,30)/t22-/m1/s1. The van der Waals surface area contributed by atoms with Crippen molar-refractivity contribution in [2.24, 2.45) is 0 Å². The highest BCUT2D eigenvalue weighted by atomic mass is 16.6. The van der Waals surface area contributed by atoms with Crippen LogP contribution in [0.25, 0.3) is 11.5 Å². The number of nitrogens with one attached hydrogen (secondary N) is 2. The minimum absolute atomic E-state index is 0.116. The number of carbonyl (C=O) groups is 1. The summed E-state index contributed by atoms with van der Waals surface area (Å²) in [5.41, 5.74) is 3.93. The Bertz CT molecular complexity index is 1340. The third-order valence-corrected chi connectivity index (χ3v) is 5.79. The number of esters is 1. The van der Waals surface area contributed by atoms with Gasteiger partial charge in [-0.1, -0.05) is 30.3 Å². The molecular weight excluding hydrogens is 446 g/mol. The minimum atomic E-state index is -0.555. The maximum atomic E-state index is 12.3. The lowest BCUT2D eigenvalue weighted by Gasteiger charge is -2.31. The molecule has 1 aliphatic rings. The number of aliphatic hydroxyl groups is 1. The summed E-state index contributed by atoms with van der Waals surface area (Å²) < 4.78 is 10.9. The third-order valence-electron chi connectivity index (χ3n) is 5.79. The molecule has 0 unspecified atom stereocenters. The largest absolute Gasteiger partial charge is 0.456 e. The van der Waals surface area contributed by atoms with Crippen LogP contribution in [0, 0.1) is 0 Å². The van der Waals surface area contributed by atoms with Gasteiger partial charge in [0.1, 0.15) is 11.4 Å². The van der Waals surface area contributed by atoms with Gasteiger partial charge in [-0.15, -0.1) is 10.2 Å². The van der Waals surface area contributed by atoms with E-state index in [-0.39, 0.29) is 18.6 Å². The molecule has 9 heteroatoms. The second-order valence-corrected chi connectivity index (χ2v) is 8.97. The second kappa shape index (κ2) is 9.19. The summed E-state index contributed by atoms with van der Waals surface area (Å²) in [6.07, 6.45) is 3.51. The minimum Gasteiger partial charge on any atom is -0.456 e. The number of fused-ring (bicyclic) bond motifs is 1. The highest BCUT2D eigenvalue weighted by Gasteiger charge is 2.32. The average Bonchev–Trinajstić information content (AvgIpc) is 3.37. The lowest BCUT2D eigenvalue weighted by atomic mass is 9.91. The number of ether oxygens (including phenoxy) is 1. The monoisotopic (exact) mass is 471 g/mol. The first-order valence-electron chi connectivity index (χ1n) is 11.2. The van der Waals surface area contributed by atoms with E-state index in [0.29, 0.717) is 34.9 Å². The first-order valence-corrected chi connectivity index (χ1v) is 11.2. The van der Waals surface area contributed by atoms with Gasteiger partial charge in [0.25, 0.3) is 5.89 Å². The number of nitrogens with zero attached hydrogens (tertiary/aromatic N) is 3. The normalized spacial score (nSPS) is 15.1. The molecule has 178 valence electrons. The molecule has 2 aromatic heterocycles. The summed E-state index contributed by atoms with van der Waals surface area (Å²) in [5.74, 6) is 0.566. The van der Waals surface area contributed by atoms with Gasteiger partial charge in [-0.25, -0.2) is 9.78 Å². The quantitative estimate of drug-likeness (QED) is 0.334. The van der Waals surface area contributed by atoms with Gasteiger partial charge in [0.15, 0.2) is 0 Å². The zero-order valence-electron chi connectivity index (χ0n) is 19.4. The van der Waals surface area contributed by atoms with E-state index in [2.05, 4.69) is 25.8 Å². The third kappa shape index (κ3) is 4.85. The van der Waals surface area contributed by atoms with Gasteiger partial charge in [-0.05, 0) is 43.2 Å². The van der Waals surface area contributed by atoms with Crippen LogP contribution in [0.15, 0.2) is 71.6 Å². The summed E-state index contributed by atoms with van der Waals surface area (Å²) in [5, 5.41) is 24.5. The number of aromatic nitrogens is 3. The van der Waals surface area contributed by atoms with Crippen molar-refractivity contribution in [2.75, 3.05) is 17.2 Å². The highest BCUT2D eigenvalue weighted by Crippen LogP contribution is 2.33. The van der Waals surface area contributed by atoms with Crippen LogP contribution in [0.3, 0.4) is 0 Å². The molecule has 3 N–H and O–H groups in total. The summed E-state index contributed by atoms with van der Waals surface area (Å²) in [6.45, 7) is 3.68. The first-order chi connectivity index (χ1) is 16.9. The van der Waals surface area contributed by atoms with E-state index in [1.807, 2.05) is 62.4 Å². The summed E-state index contributed by atoms with van der Waals surface area (Å²) in [6, 6.07) is 16.6. The molecule has 0 spiro atoms. The smallest absolute Gasteiger partial charge is 0.338 e. The Morgan fingerprint density at radius 1 is 1.11 bits per heavy atom. The Kier molecular flexibility index (Phi) is 5.92. The molecule has 1 atom stereocenters. The van der Waals surface area contributed by atoms with Crippen LogP contribution in [-0.4, -0.2) is 38.5 Å². The van der Waals surface area contributed by atoms with Crippen molar-refractivity contribution < 1.29 is 19.1 Å². The van der Waals surface area contributed by atoms with E-state index < -0.39 is 5.60 Å². The fourth-order valence-electron chi connectivity index (χ4n) is 4.18. The Labute approximate surface area is 202 Å². The van der Waals surface area contributed by atoms with E-state index in [0.717, 1.165) is 16.8 Å². The van der Waals surface area contributed by atoms with Crippen molar-refractivity contribution in [1.29, 1.82) is 0 Å². The van der Waals surface area contributed by atoms with Crippen LogP contribution in [0.5, 0.6) is 0 Å². The van der Waals surface area contributed by atoms with E-state index in [9.17, 15) is 9.90 Å². The van der Waals surface area contributed by atoms with Crippen LogP contribution in [0.4, 0.5) is 17.2 Å². The molecule has 3 heterocycles. The van der Waals surface area contributed by atoms with E-state index in [1.54, 1.807) is 12.3 Å². The molecule has 2 aromatic carbocycles. The highest BCUT2D eigenvalue weighted by molar-refractivity contribution is 5.93. The molecule has 0 fully saturated rings. The fraction of sp³-hybridized carbons (Fsp3) is 0.231. The summed E-state index contributed by atoms with van der Waals surface area (Å²) in [7, 11) is 0. The number of cyclic esters (lactones) is 1. The van der Waals surface area contributed by atoms with Gasteiger partial charge in [0.2, 0.25) is 6.39 Å². The average molecular weight is 472 g/mol. The number of carbonyl (C=O) groups excluding carboxylic acids is 1. The number of benzene rings is 2. The van der Waals surface area contributed by atoms with Gasteiger partial charge >= 0.3 is 5.97 Å². The lowest BCUT2D eigenvalue weighted by Crippen LogP contribution is -2.35. The molecule has 0 bridgehead atoms. The summed E-state index contributed by atoms with van der Waals surface area (Å²) in [4.78, 5) is 16.8. The molecule has 0 amide bonds. The maximum absolute atomic E-state index is 12.3. The zero-order chi connectivity index (χ0) is 24.4. The second-order valence-electron chi connectivity index (χ2n) is 8.97. The molecule has 0 saturated carbocycles. The molecule has 9 nitrogen and oxygen atoms in total. The van der Waals surface area contributed by atoms with Crippen LogP contribution >= 0.6 is 0 Å². The Balaban J connectivity index is 1.46. The number of anilines is 3. The van der Waals surface area contributed by atoms with Crippen molar-refractivity contribution in [3.05, 3.63) is 83.9 Å². The van der Waals surface area contributed by atoms with E-state index >= 15 is 0 Å². The van der Waals surface area contributed by atoms with E-state index in [1.165, 1.54) is 6.39 Å². The Morgan fingerprint density at radius 2 is 1.94 bits per heavy atom. The molecule has 0 saturated heterocycles. The molecule has 5 rings (SSSR count). The topological polar surface area (TPSA) is 122 Å². The number of rotatable bonds is 7.